The van der Waals surface area contributed by atoms with Gasteiger partial charge in [0.25, 0.3) is 0 Å². The Morgan fingerprint density at radius 1 is 0.356 bits per heavy atom. The van der Waals surface area contributed by atoms with Crippen molar-refractivity contribution >= 4 is 99.0 Å². The van der Waals surface area contributed by atoms with Crippen molar-refractivity contribution in [3.63, 3.8) is 0 Å². The van der Waals surface area contributed by atoms with Crippen LogP contribution in [0, 0.1) is 45.3 Å². The van der Waals surface area contributed by atoms with Crippen LogP contribution in [0.3, 0.4) is 0 Å². The van der Waals surface area contributed by atoms with Crippen LogP contribution in [0.15, 0.2) is 192 Å². The van der Waals surface area contributed by atoms with E-state index in [2.05, 4.69) is 173 Å². The molecule has 4 aliphatic carbocycles. The van der Waals surface area contributed by atoms with Gasteiger partial charge >= 0.3 is 0 Å². The Hall–Kier alpha value is -9.88. The Labute approximate surface area is 628 Å². The highest BCUT2D eigenvalue weighted by molar-refractivity contribution is 7.31. The summed E-state index contributed by atoms with van der Waals surface area (Å²) >= 11 is 7.01. The number of nitriles is 4. The van der Waals surface area contributed by atoms with Gasteiger partial charge in [-0.25, -0.2) is 0 Å². The topological polar surface area (TPSA) is 129 Å². The highest BCUT2D eigenvalue weighted by Gasteiger charge is 2.55. The Morgan fingerprint density at radius 2 is 0.654 bits per heavy atom. The molecule has 4 heterocycles. The summed E-state index contributed by atoms with van der Waals surface area (Å²) in [6.45, 7) is 9.07. The monoisotopic (exact) mass is 1430 g/mol. The lowest BCUT2D eigenvalue weighted by atomic mass is 9.65. The fraction of sp³-hybridized carbons (Fsp3) is 0.277. The normalized spacial score (nSPS) is 14.9. The standard InChI is InChI=1S/C94H82N4O2S4/c1-5-9-13-17-25-59-33-41-65(42-34-59)93(66-43-35-60(36-44-66)26-18-14-10-6-2)79-53-76-80(54-75(79)89-85(93)91-81(103-89)51-69(101-91)49-77-83(63(55-95)56-96)71-29-21-23-31-73(71)87(77)99)94(67-45-37-61(38-46-67)27-19-15-11-7-3,68-47-39-62(40-48-68)28-20-16-12-8-4)86-90(76)104-82-52-70(102-92(82)86)50-78-84(64(57-97)58-98)72-30-22-24-32-74(72)88(78)100/h21-24,29-54H,5-20,25-28H2,1-4H3/b77-49-,78-50+. The minimum Gasteiger partial charge on any atom is -0.289 e. The van der Waals surface area contributed by atoms with E-state index in [4.69, 9.17) is 0 Å². The molecule has 11 aromatic rings. The summed E-state index contributed by atoms with van der Waals surface area (Å²) in [7, 11) is 0. The van der Waals surface area contributed by atoms with Crippen LogP contribution in [0.4, 0.5) is 0 Å². The van der Waals surface area contributed by atoms with Crippen molar-refractivity contribution in [2.75, 3.05) is 0 Å². The highest BCUT2D eigenvalue weighted by atomic mass is 32.1. The lowest BCUT2D eigenvalue weighted by Crippen LogP contribution is -2.30. The Balaban J connectivity index is 1.01. The first-order valence-electron chi connectivity index (χ1n) is 37.6. The summed E-state index contributed by atoms with van der Waals surface area (Å²) in [4.78, 5) is 33.5. The lowest BCUT2D eigenvalue weighted by Gasteiger charge is -2.36. The second-order valence-corrected chi connectivity index (χ2v) is 32.9. The van der Waals surface area contributed by atoms with Gasteiger partial charge in [0.15, 0.2) is 11.6 Å². The molecule has 0 atom stereocenters. The molecule has 15 rings (SSSR count). The largest absolute Gasteiger partial charge is 0.289 e. The molecule has 0 unspecified atom stereocenters. The van der Waals surface area contributed by atoms with Crippen LogP contribution in [-0.2, 0) is 36.5 Å². The SMILES string of the molecule is CCCCCCc1ccc(C2(c3ccc(CCCCCC)cc3)c3cc4c(cc3-c3sc5cc(/C=C6\C(=O)c7ccccc7C6=C(C#N)C#N)sc5c32)C(c2ccc(CCCCCC)cc2)(c2ccc(CCCCCC)cc2)c2c-4sc3cc(/C=C4/C(=O)c5ccccc5C4=C(C#N)C#N)sc23)cc1. The van der Waals surface area contributed by atoms with Gasteiger partial charge < -0.3 is 0 Å². The van der Waals surface area contributed by atoms with Gasteiger partial charge in [-0.1, -0.05) is 250 Å². The van der Waals surface area contributed by atoms with Gasteiger partial charge in [0.2, 0.25) is 0 Å². The second-order valence-electron chi connectivity index (χ2n) is 28.6. The van der Waals surface area contributed by atoms with E-state index in [0.717, 1.165) is 79.9 Å². The molecule has 0 saturated heterocycles. The van der Waals surface area contributed by atoms with E-state index in [1.54, 1.807) is 34.8 Å². The van der Waals surface area contributed by atoms with Crippen LogP contribution in [0.1, 0.15) is 239 Å². The highest BCUT2D eigenvalue weighted by Crippen LogP contribution is 2.68. The molecule has 0 amide bonds. The van der Waals surface area contributed by atoms with Gasteiger partial charge in [0.05, 0.1) is 20.2 Å². The third kappa shape index (κ3) is 12.0. The fourth-order valence-electron chi connectivity index (χ4n) is 17.1. The smallest absolute Gasteiger partial charge is 0.194 e. The number of carbonyl (C=O) groups excluding carboxylic acids is 2. The Morgan fingerprint density at radius 3 is 0.942 bits per heavy atom. The zero-order valence-corrected chi connectivity index (χ0v) is 63.0. The number of hydrogen-bond acceptors (Lipinski definition) is 10. The molecular formula is C94H82N4O2S4. The number of fused-ring (bicyclic) bond motifs is 12. The number of ketones is 2. The molecule has 104 heavy (non-hydrogen) atoms. The maximum Gasteiger partial charge on any atom is 0.194 e. The molecule has 0 aliphatic heterocycles. The Kier molecular flexibility index (Phi) is 20.2. The van der Waals surface area contributed by atoms with Crippen molar-refractivity contribution in [2.45, 2.75) is 167 Å². The molecule has 0 radical (unpaired) electrons. The number of allylic oxidation sites excluding steroid dienone is 6. The molecule has 0 bridgehead atoms. The Bertz CT molecular complexity index is 5030. The fourth-order valence-corrected chi connectivity index (χ4v) is 22.6. The van der Waals surface area contributed by atoms with E-state index in [-0.39, 0.29) is 22.7 Å². The predicted octanol–water partition coefficient (Wildman–Crippen LogP) is 25.6. The second kappa shape index (κ2) is 30.1. The number of rotatable bonds is 26. The summed E-state index contributed by atoms with van der Waals surface area (Å²) in [6.07, 6.45) is 26.7. The maximum atomic E-state index is 14.6. The minimum atomic E-state index is -0.839. The van der Waals surface area contributed by atoms with Crippen molar-refractivity contribution in [3.8, 4) is 45.2 Å². The third-order valence-corrected chi connectivity index (χ3v) is 27.0. The number of Topliss-reactive ketones (excluding diaryl/α,β-unsaturated/α-hetero) is 2. The molecule has 0 saturated carbocycles. The van der Waals surface area contributed by atoms with Gasteiger partial charge in [-0.2, -0.15) is 21.0 Å². The molecule has 514 valence electrons. The van der Waals surface area contributed by atoms with E-state index >= 15 is 0 Å². The van der Waals surface area contributed by atoms with E-state index in [1.807, 2.05) is 71.2 Å². The van der Waals surface area contributed by atoms with E-state index in [1.165, 1.54) is 165 Å². The first-order chi connectivity index (χ1) is 51.1. The molecule has 6 nitrogen and oxygen atoms in total. The van der Waals surface area contributed by atoms with Gasteiger partial charge in [-0.15, -0.1) is 45.3 Å². The average Bonchev–Trinajstić information content (AvgIpc) is 1.49. The van der Waals surface area contributed by atoms with Gasteiger partial charge in [0, 0.05) is 73.5 Å². The first kappa shape index (κ1) is 69.8. The number of benzene rings is 7. The molecule has 10 heteroatoms. The van der Waals surface area contributed by atoms with Crippen molar-refractivity contribution in [2.24, 2.45) is 0 Å². The van der Waals surface area contributed by atoms with Gasteiger partial charge in [-0.05, 0) is 166 Å². The number of carbonyl (C=O) groups is 2. The molecule has 0 N–H and O–H groups in total. The number of aryl methyl sites for hydroxylation is 4. The van der Waals surface area contributed by atoms with Gasteiger partial charge in [0.1, 0.15) is 35.4 Å². The third-order valence-electron chi connectivity index (χ3n) is 22.2. The van der Waals surface area contributed by atoms with E-state index < -0.39 is 10.8 Å². The summed E-state index contributed by atoms with van der Waals surface area (Å²) in [5.74, 6) is -0.389. The van der Waals surface area contributed by atoms with Crippen LogP contribution in [0.25, 0.3) is 63.0 Å². The number of hydrogen-bond donors (Lipinski definition) is 0. The van der Waals surface area contributed by atoms with Crippen molar-refractivity contribution < 1.29 is 9.59 Å². The average molecular weight is 1430 g/mol. The van der Waals surface area contributed by atoms with Crippen molar-refractivity contribution in [1.82, 2.24) is 0 Å². The molecular weight excluding hydrogens is 1350 g/mol. The minimum absolute atomic E-state index is 0.0803. The summed E-state index contributed by atoms with van der Waals surface area (Å²) in [5.41, 5.74) is 19.1. The van der Waals surface area contributed by atoms with Crippen LogP contribution in [0.2, 0.25) is 0 Å². The molecule has 4 aromatic heterocycles. The van der Waals surface area contributed by atoms with Crippen molar-refractivity contribution in [1.29, 1.82) is 21.0 Å². The van der Waals surface area contributed by atoms with Gasteiger partial charge in [-0.3, -0.25) is 9.59 Å². The zero-order chi connectivity index (χ0) is 71.6. The molecule has 0 spiro atoms. The number of thiophene rings is 4. The van der Waals surface area contributed by atoms with Crippen LogP contribution in [0.5, 0.6) is 0 Å². The van der Waals surface area contributed by atoms with Crippen LogP contribution in [-0.4, -0.2) is 11.6 Å². The first-order valence-corrected chi connectivity index (χ1v) is 40.8. The van der Waals surface area contributed by atoms with Crippen LogP contribution < -0.4 is 0 Å². The van der Waals surface area contributed by atoms with Crippen LogP contribution >= 0.6 is 45.3 Å². The van der Waals surface area contributed by atoms with E-state index in [0.29, 0.717) is 44.5 Å². The molecule has 7 aromatic carbocycles. The number of unbranched alkanes of at least 4 members (excludes halogenated alkanes) is 12. The lowest BCUT2D eigenvalue weighted by molar-refractivity contribution is 0.103. The molecule has 4 aliphatic rings. The molecule has 0 fully saturated rings. The summed E-state index contributed by atoms with van der Waals surface area (Å²) in [6, 6.07) is 71.2. The maximum absolute atomic E-state index is 14.6. The predicted molar refractivity (Wildman–Crippen MR) is 433 cm³/mol. The number of nitrogens with zero attached hydrogens (tertiary/aromatic N) is 4. The summed E-state index contributed by atoms with van der Waals surface area (Å²) in [5, 5.41) is 41.8. The van der Waals surface area contributed by atoms with E-state index in [9.17, 15) is 30.6 Å². The van der Waals surface area contributed by atoms with Crippen molar-refractivity contribution in [3.05, 3.63) is 291 Å². The zero-order valence-electron chi connectivity index (χ0n) is 59.7. The summed E-state index contributed by atoms with van der Waals surface area (Å²) < 4.78 is 4.49. The quantitative estimate of drug-likeness (QED) is 0.0302.